The molecule has 2 nitrogen and oxygen atoms in total. The molecular weight excluding hydrogens is 164 g/mol. The minimum absolute atomic E-state index is 0.0809. The lowest BCUT2D eigenvalue weighted by Gasteiger charge is -2.17. The third-order valence-electron chi connectivity index (χ3n) is 2.03. The fourth-order valence-electron chi connectivity index (χ4n) is 1.20. The third kappa shape index (κ3) is 4.12. The van der Waals surface area contributed by atoms with E-state index >= 15 is 0 Å². The van der Waals surface area contributed by atoms with Crippen LogP contribution in [-0.2, 0) is 4.74 Å². The number of hydrogen-bond acceptors (Lipinski definition) is 2. The molecule has 0 unspecified atom stereocenters. The summed E-state index contributed by atoms with van der Waals surface area (Å²) in [6.07, 6.45) is 8.02. The molecule has 0 fully saturated rings. The second kappa shape index (κ2) is 6.71. The SMILES string of the molecule is C#C[C@H](OC)[C@H](/C=C(\C)CO)CC. The monoisotopic (exact) mass is 182 g/mol. The quantitative estimate of drug-likeness (QED) is 0.517. The lowest BCUT2D eigenvalue weighted by molar-refractivity contribution is 0.112. The van der Waals surface area contributed by atoms with Crippen molar-refractivity contribution in [3.05, 3.63) is 11.6 Å². The van der Waals surface area contributed by atoms with E-state index < -0.39 is 0 Å². The van der Waals surface area contributed by atoms with E-state index in [9.17, 15) is 0 Å². The van der Waals surface area contributed by atoms with Crippen molar-refractivity contribution in [1.29, 1.82) is 0 Å². The topological polar surface area (TPSA) is 29.5 Å². The van der Waals surface area contributed by atoms with Gasteiger partial charge in [0.05, 0.1) is 6.61 Å². The Labute approximate surface area is 80.6 Å². The van der Waals surface area contributed by atoms with Crippen LogP contribution in [0.2, 0.25) is 0 Å². The highest BCUT2D eigenvalue weighted by molar-refractivity contribution is 5.09. The number of terminal acetylenes is 1. The van der Waals surface area contributed by atoms with Gasteiger partial charge >= 0.3 is 0 Å². The van der Waals surface area contributed by atoms with Crippen LogP contribution in [0.4, 0.5) is 0 Å². The van der Waals surface area contributed by atoms with Crippen molar-refractivity contribution in [3.63, 3.8) is 0 Å². The molecule has 0 spiro atoms. The number of hydrogen-bond donors (Lipinski definition) is 1. The van der Waals surface area contributed by atoms with E-state index in [1.807, 2.05) is 13.0 Å². The van der Waals surface area contributed by atoms with Gasteiger partial charge in [-0.05, 0) is 13.3 Å². The van der Waals surface area contributed by atoms with Crippen LogP contribution in [0.15, 0.2) is 11.6 Å². The van der Waals surface area contributed by atoms with E-state index in [4.69, 9.17) is 16.3 Å². The Balaban J connectivity index is 4.42. The van der Waals surface area contributed by atoms with Crippen molar-refractivity contribution in [2.24, 2.45) is 5.92 Å². The summed E-state index contributed by atoms with van der Waals surface area (Å²) in [6.45, 7) is 4.01. The molecule has 0 heterocycles. The molecule has 0 rings (SSSR count). The minimum atomic E-state index is -0.188. The van der Waals surface area contributed by atoms with Crippen molar-refractivity contribution >= 4 is 0 Å². The Hall–Kier alpha value is -0.780. The number of methoxy groups -OCH3 is 1. The molecule has 0 aromatic rings. The summed E-state index contributed by atoms with van der Waals surface area (Å²) in [5, 5.41) is 8.85. The Kier molecular flexibility index (Phi) is 6.30. The van der Waals surface area contributed by atoms with Crippen molar-refractivity contribution in [3.8, 4) is 12.3 Å². The van der Waals surface area contributed by atoms with Crippen LogP contribution in [0.25, 0.3) is 0 Å². The first-order chi connectivity index (χ1) is 6.19. The lowest BCUT2D eigenvalue weighted by Crippen LogP contribution is -2.19. The molecule has 0 bridgehead atoms. The molecule has 0 aliphatic heterocycles. The summed E-state index contributed by atoms with van der Waals surface area (Å²) in [5.74, 6) is 2.78. The molecule has 2 heteroatoms. The van der Waals surface area contributed by atoms with E-state index in [1.165, 1.54) is 0 Å². The van der Waals surface area contributed by atoms with Gasteiger partial charge in [-0.15, -0.1) is 6.42 Å². The van der Waals surface area contributed by atoms with Crippen LogP contribution in [0, 0.1) is 18.3 Å². The van der Waals surface area contributed by atoms with Gasteiger partial charge < -0.3 is 9.84 Å². The summed E-state index contributed by atoms with van der Waals surface area (Å²) in [5.41, 5.74) is 0.934. The van der Waals surface area contributed by atoms with Gasteiger partial charge in [0.25, 0.3) is 0 Å². The van der Waals surface area contributed by atoms with Gasteiger partial charge in [-0.1, -0.05) is 24.5 Å². The second-order valence-corrected chi connectivity index (χ2v) is 3.07. The smallest absolute Gasteiger partial charge is 0.123 e. The second-order valence-electron chi connectivity index (χ2n) is 3.07. The summed E-state index contributed by atoms with van der Waals surface area (Å²) < 4.78 is 5.14. The molecule has 0 saturated heterocycles. The van der Waals surface area contributed by atoms with Crippen molar-refractivity contribution in [2.75, 3.05) is 13.7 Å². The van der Waals surface area contributed by atoms with E-state index in [1.54, 1.807) is 7.11 Å². The van der Waals surface area contributed by atoms with Crippen LogP contribution >= 0.6 is 0 Å². The maximum atomic E-state index is 8.85. The molecular formula is C11H18O2. The average molecular weight is 182 g/mol. The van der Waals surface area contributed by atoms with E-state index in [2.05, 4.69) is 12.8 Å². The number of ether oxygens (including phenoxy) is 1. The molecule has 0 amide bonds. The Morgan fingerprint density at radius 3 is 2.62 bits per heavy atom. The first-order valence-electron chi connectivity index (χ1n) is 4.46. The summed E-state index contributed by atoms with van der Waals surface area (Å²) >= 11 is 0. The first-order valence-corrected chi connectivity index (χ1v) is 4.46. The Morgan fingerprint density at radius 1 is 1.69 bits per heavy atom. The average Bonchev–Trinajstić information content (AvgIpc) is 2.17. The maximum Gasteiger partial charge on any atom is 0.123 e. The molecule has 2 atom stereocenters. The van der Waals surface area contributed by atoms with Gasteiger partial charge in [-0.2, -0.15) is 0 Å². The predicted octanol–water partition coefficient (Wildman–Crippen LogP) is 1.60. The lowest BCUT2D eigenvalue weighted by atomic mass is 9.97. The molecule has 0 aliphatic carbocycles. The molecule has 1 N–H and O–H groups in total. The molecule has 13 heavy (non-hydrogen) atoms. The highest BCUT2D eigenvalue weighted by Crippen LogP contribution is 2.14. The molecule has 0 aromatic heterocycles. The largest absolute Gasteiger partial charge is 0.392 e. The van der Waals surface area contributed by atoms with Crippen LogP contribution in [0.3, 0.4) is 0 Å². The standard InChI is InChI=1S/C11H18O2/c1-5-10(7-9(3)8-12)11(6-2)13-4/h2,7,10-12H,5,8H2,1,3-4H3/b9-7+/t10-,11-/m0/s1. The van der Waals surface area contributed by atoms with Crippen molar-refractivity contribution < 1.29 is 9.84 Å². The summed E-state index contributed by atoms with van der Waals surface area (Å²) in [7, 11) is 1.61. The zero-order chi connectivity index (χ0) is 10.3. The van der Waals surface area contributed by atoms with Gasteiger partial charge in [0.1, 0.15) is 6.10 Å². The summed E-state index contributed by atoms with van der Waals surface area (Å²) in [4.78, 5) is 0. The van der Waals surface area contributed by atoms with Crippen LogP contribution in [0.1, 0.15) is 20.3 Å². The van der Waals surface area contributed by atoms with Gasteiger partial charge in [0.2, 0.25) is 0 Å². The summed E-state index contributed by atoms with van der Waals surface area (Å²) in [6, 6.07) is 0. The fraction of sp³-hybridized carbons (Fsp3) is 0.636. The highest BCUT2D eigenvalue weighted by Gasteiger charge is 2.14. The van der Waals surface area contributed by atoms with E-state index in [0.717, 1.165) is 12.0 Å². The van der Waals surface area contributed by atoms with Gasteiger partial charge in [-0.3, -0.25) is 0 Å². The van der Waals surface area contributed by atoms with Gasteiger partial charge in [0, 0.05) is 13.0 Å². The van der Waals surface area contributed by atoms with E-state index in [-0.39, 0.29) is 18.6 Å². The van der Waals surface area contributed by atoms with Crippen LogP contribution < -0.4 is 0 Å². The Bertz CT molecular complexity index is 201. The molecule has 0 saturated carbocycles. The first kappa shape index (κ1) is 12.2. The van der Waals surface area contributed by atoms with Gasteiger partial charge in [-0.25, -0.2) is 0 Å². The van der Waals surface area contributed by atoms with E-state index in [0.29, 0.717) is 0 Å². The van der Waals surface area contributed by atoms with Crippen LogP contribution in [-0.4, -0.2) is 24.9 Å². The number of rotatable bonds is 5. The zero-order valence-corrected chi connectivity index (χ0v) is 8.58. The Morgan fingerprint density at radius 2 is 2.31 bits per heavy atom. The number of aliphatic hydroxyl groups excluding tert-OH is 1. The van der Waals surface area contributed by atoms with Crippen LogP contribution in [0.5, 0.6) is 0 Å². The fourth-order valence-corrected chi connectivity index (χ4v) is 1.20. The van der Waals surface area contributed by atoms with Crippen molar-refractivity contribution in [2.45, 2.75) is 26.4 Å². The number of aliphatic hydroxyl groups is 1. The predicted molar refractivity (Wildman–Crippen MR) is 54.3 cm³/mol. The third-order valence-corrected chi connectivity index (χ3v) is 2.03. The molecule has 0 aliphatic rings. The minimum Gasteiger partial charge on any atom is -0.392 e. The maximum absolute atomic E-state index is 8.85. The highest BCUT2D eigenvalue weighted by atomic mass is 16.5. The molecule has 74 valence electrons. The molecule has 0 radical (unpaired) electrons. The zero-order valence-electron chi connectivity index (χ0n) is 8.58. The molecule has 0 aromatic carbocycles. The van der Waals surface area contributed by atoms with Crippen molar-refractivity contribution in [1.82, 2.24) is 0 Å². The normalized spacial score (nSPS) is 16.4. The van der Waals surface area contributed by atoms with Gasteiger partial charge in [0.15, 0.2) is 0 Å².